The monoisotopic (exact) mass is 260 g/mol. The molecule has 0 atom stereocenters. The van der Waals surface area contributed by atoms with Gasteiger partial charge in [-0.3, -0.25) is 0 Å². The largest absolute Gasteiger partial charge is 0.508 e. The van der Waals surface area contributed by atoms with Gasteiger partial charge in [0.05, 0.1) is 0 Å². The molecule has 18 heavy (non-hydrogen) atoms. The summed E-state index contributed by atoms with van der Waals surface area (Å²) in [6, 6.07) is 6.91. The second kappa shape index (κ2) is 7.67. The number of hydrogen-bond donors (Lipinski definition) is 2. The van der Waals surface area contributed by atoms with Gasteiger partial charge in [-0.2, -0.15) is 0 Å². The molecule has 0 saturated carbocycles. The van der Waals surface area contributed by atoms with Crippen molar-refractivity contribution in [2.45, 2.75) is 32.8 Å². The van der Waals surface area contributed by atoms with Crippen LogP contribution in [0.1, 0.15) is 26.3 Å². The average molecular weight is 260 g/mol. The number of nitrogens with one attached hydrogen (secondary N) is 1. The smallest absolute Gasteiger partial charge is 0.407 e. The van der Waals surface area contributed by atoms with Crippen molar-refractivity contribution in [3.8, 4) is 5.75 Å². The van der Waals surface area contributed by atoms with Gasteiger partial charge in [0.2, 0.25) is 0 Å². The number of aromatic hydroxyl groups is 1. The van der Waals surface area contributed by atoms with Crippen molar-refractivity contribution in [3.05, 3.63) is 29.8 Å². The molecule has 5 heteroatoms. The van der Waals surface area contributed by atoms with Gasteiger partial charge in [0.1, 0.15) is 11.4 Å². The number of carbonyl (C=O) groups is 1. The number of alkyl carbamates (subject to hydrolysis) is 1. The number of carbonyl (C=O) groups excluding carboxylic acids is 1. The Morgan fingerprint density at radius 2 is 1.83 bits per heavy atom. The molecule has 1 radical (unpaired) electrons. The van der Waals surface area contributed by atoms with Crippen LogP contribution < -0.4 is 5.32 Å². The molecule has 0 aliphatic carbocycles. The van der Waals surface area contributed by atoms with Crippen molar-refractivity contribution in [2.75, 3.05) is 6.54 Å². The van der Waals surface area contributed by atoms with E-state index in [1.54, 1.807) is 12.1 Å². The van der Waals surface area contributed by atoms with Gasteiger partial charge in [-0.15, -0.1) is 0 Å². The van der Waals surface area contributed by atoms with Gasteiger partial charge >= 0.3 is 6.09 Å². The summed E-state index contributed by atoms with van der Waals surface area (Å²) < 4.78 is 5.10. The Morgan fingerprint density at radius 1 is 1.28 bits per heavy atom. The van der Waals surface area contributed by atoms with Crippen molar-refractivity contribution >= 4 is 35.7 Å². The van der Waals surface area contributed by atoms with E-state index < -0.39 is 11.7 Å². The van der Waals surface area contributed by atoms with Crippen LogP contribution in [0, 0.1) is 0 Å². The van der Waals surface area contributed by atoms with Crippen LogP contribution in [0.3, 0.4) is 0 Å². The molecule has 0 aliphatic heterocycles. The summed E-state index contributed by atoms with van der Waals surface area (Å²) >= 11 is 0. The van der Waals surface area contributed by atoms with Crippen molar-refractivity contribution in [2.24, 2.45) is 0 Å². The van der Waals surface area contributed by atoms with E-state index in [1.165, 1.54) is 0 Å². The van der Waals surface area contributed by atoms with Crippen molar-refractivity contribution in [1.82, 2.24) is 5.32 Å². The van der Waals surface area contributed by atoms with E-state index in [1.807, 2.05) is 32.9 Å². The third-order valence-corrected chi connectivity index (χ3v) is 2.02. The number of benzene rings is 1. The Balaban J connectivity index is 0.00000289. The second-order valence-electron chi connectivity index (χ2n) is 4.85. The van der Waals surface area contributed by atoms with Gasteiger partial charge in [-0.25, -0.2) is 4.79 Å². The molecular weight excluding hydrogens is 241 g/mol. The molecule has 0 fully saturated rings. The summed E-state index contributed by atoms with van der Waals surface area (Å²) in [5, 5.41) is 11.8. The summed E-state index contributed by atoms with van der Waals surface area (Å²) in [7, 11) is 0. The summed E-state index contributed by atoms with van der Waals surface area (Å²) in [6.07, 6.45) is 0.302. The molecule has 0 heterocycles. The molecule has 1 aromatic carbocycles. The Kier molecular flexibility index (Phi) is 7.36. The maximum Gasteiger partial charge on any atom is 0.407 e. The fourth-order valence-corrected chi connectivity index (χ4v) is 1.29. The third-order valence-electron chi connectivity index (χ3n) is 2.02. The van der Waals surface area contributed by atoms with Gasteiger partial charge in [-0.1, -0.05) is 12.1 Å². The van der Waals surface area contributed by atoms with Crippen molar-refractivity contribution in [1.29, 1.82) is 0 Å². The number of phenols is 1. The second-order valence-corrected chi connectivity index (χ2v) is 4.85. The fourth-order valence-electron chi connectivity index (χ4n) is 1.29. The van der Waals surface area contributed by atoms with Crippen LogP contribution in [0.5, 0.6) is 5.75 Å². The zero-order valence-corrected chi connectivity index (χ0v) is 13.5. The maximum absolute atomic E-state index is 11.3. The van der Waals surface area contributed by atoms with E-state index in [2.05, 4.69) is 5.32 Å². The van der Waals surface area contributed by atoms with E-state index >= 15 is 0 Å². The minimum Gasteiger partial charge on any atom is -0.508 e. The van der Waals surface area contributed by atoms with Crippen LogP contribution in [0.15, 0.2) is 24.3 Å². The van der Waals surface area contributed by atoms with E-state index in [9.17, 15) is 4.79 Å². The first-order chi connectivity index (χ1) is 7.87. The Bertz CT molecular complexity index is 371. The Hall–Kier alpha value is -0.710. The molecule has 0 aliphatic rings. The molecule has 0 saturated heterocycles. The van der Waals surface area contributed by atoms with Gasteiger partial charge < -0.3 is 15.2 Å². The number of rotatable bonds is 3. The quantitative estimate of drug-likeness (QED) is 0.818. The molecule has 0 unspecified atom stereocenters. The molecule has 0 bridgehead atoms. The Morgan fingerprint density at radius 3 is 2.33 bits per heavy atom. The van der Waals surface area contributed by atoms with Crippen LogP contribution in [0.25, 0.3) is 0 Å². The van der Waals surface area contributed by atoms with Gasteiger partial charge in [0, 0.05) is 36.1 Å². The molecule has 1 aromatic rings. The van der Waals surface area contributed by atoms with Crippen LogP contribution >= 0.6 is 0 Å². The van der Waals surface area contributed by atoms with E-state index in [4.69, 9.17) is 9.84 Å². The predicted octanol–water partition coefficient (Wildman–Crippen LogP) is 2.08. The van der Waals surface area contributed by atoms with Gasteiger partial charge in [0.25, 0.3) is 0 Å². The average Bonchev–Trinajstić information content (AvgIpc) is 2.18. The first-order valence-electron chi connectivity index (χ1n) is 5.61. The fraction of sp³-hybridized carbons (Fsp3) is 0.462. The summed E-state index contributed by atoms with van der Waals surface area (Å²) in [5.74, 6) is 0.244. The molecule has 1 amide bonds. The molecule has 95 valence electrons. The van der Waals surface area contributed by atoms with Gasteiger partial charge in [-0.05, 0) is 44.9 Å². The minimum atomic E-state index is -0.470. The number of phenolic OH excluding ortho intramolecular Hbond substituents is 1. The van der Waals surface area contributed by atoms with Crippen molar-refractivity contribution in [3.63, 3.8) is 0 Å². The van der Waals surface area contributed by atoms with Crippen molar-refractivity contribution < 1.29 is 14.6 Å². The van der Waals surface area contributed by atoms with E-state index in [0.717, 1.165) is 5.56 Å². The zero-order valence-electron chi connectivity index (χ0n) is 11.5. The van der Waals surface area contributed by atoms with E-state index in [-0.39, 0.29) is 35.3 Å². The summed E-state index contributed by atoms with van der Waals surface area (Å²) in [4.78, 5) is 11.3. The zero-order chi connectivity index (χ0) is 12.9. The van der Waals surface area contributed by atoms with E-state index in [0.29, 0.717) is 13.0 Å². The standard InChI is InChI=1S/C13H19NO3.Na/c1-13(2,3)17-12(16)14-9-8-10-4-6-11(15)7-5-10;/h4-7,15H,8-9H2,1-3H3,(H,14,16);. The number of hydrogen-bond acceptors (Lipinski definition) is 3. The Labute approximate surface area is 130 Å². The topological polar surface area (TPSA) is 58.6 Å². The normalized spacial score (nSPS) is 10.4. The van der Waals surface area contributed by atoms with Crippen LogP contribution in [-0.4, -0.2) is 52.9 Å². The van der Waals surface area contributed by atoms with Crippen LogP contribution in [0.4, 0.5) is 4.79 Å². The molecule has 0 spiro atoms. The maximum atomic E-state index is 11.3. The van der Waals surface area contributed by atoms with Gasteiger partial charge in [0.15, 0.2) is 0 Å². The summed E-state index contributed by atoms with van der Waals surface area (Å²) in [5.41, 5.74) is 0.585. The number of amides is 1. The SMILES string of the molecule is CC(C)(C)OC(=O)NCCc1ccc(O)cc1.[Na]. The third kappa shape index (κ3) is 7.58. The summed E-state index contributed by atoms with van der Waals surface area (Å²) in [6.45, 7) is 5.99. The molecule has 0 aromatic heterocycles. The van der Waals surface area contributed by atoms with Crippen LogP contribution in [-0.2, 0) is 11.2 Å². The number of ether oxygens (including phenoxy) is 1. The molecule has 4 nitrogen and oxygen atoms in total. The minimum absolute atomic E-state index is 0. The molecular formula is C13H19NNaO3. The first kappa shape index (κ1) is 17.3. The molecule has 1 rings (SSSR count). The molecule has 2 N–H and O–H groups in total. The predicted molar refractivity (Wildman–Crippen MR) is 71.8 cm³/mol. The first-order valence-corrected chi connectivity index (χ1v) is 5.61. The van der Waals surface area contributed by atoms with Crippen LogP contribution in [0.2, 0.25) is 0 Å².